The second-order valence-corrected chi connectivity index (χ2v) is 7.01. The van der Waals surface area contributed by atoms with Crippen LogP contribution in [0.1, 0.15) is 39.6 Å². The second kappa shape index (κ2) is 6.53. The predicted octanol–water partition coefficient (Wildman–Crippen LogP) is 0.994. The molecule has 4 rings (SSSR count). The van der Waals surface area contributed by atoms with E-state index in [1.54, 1.807) is 6.20 Å². The van der Waals surface area contributed by atoms with Crippen LogP contribution in [0.4, 0.5) is 0 Å². The molecule has 4 heterocycles. The first-order valence-corrected chi connectivity index (χ1v) is 8.88. The summed E-state index contributed by atoms with van der Waals surface area (Å²) in [6.07, 6.45) is 5.32. The SMILES string of the molecule is Cc1cc(C)n2c(CNC[C@@H]3CCc4c(C(N)=O)cnn4C3)cnc2n1. The smallest absolute Gasteiger partial charge is 0.252 e. The minimum absolute atomic E-state index is 0.394. The summed E-state index contributed by atoms with van der Waals surface area (Å²) in [6, 6.07) is 2.06. The van der Waals surface area contributed by atoms with Crippen LogP contribution < -0.4 is 11.1 Å². The summed E-state index contributed by atoms with van der Waals surface area (Å²) in [5, 5.41) is 7.84. The third-order valence-electron chi connectivity index (χ3n) is 5.04. The van der Waals surface area contributed by atoms with E-state index in [1.165, 1.54) is 0 Å². The maximum Gasteiger partial charge on any atom is 0.252 e. The van der Waals surface area contributed by atoms with Crippen molar-refractivity contribution in [1.82, 2.24) is 29.5 Å². The number of carbonyl (C=O) groups excluding carboxylic acids is 1. The van der Waals surface area contributed by atoms with Crippen molar-refractivity contribution < 1.29 is 4.79 Å². The van der Waals surface area contributed by atoms with Crippen molar-refractivity contribution in [2.24, 2.45) is 11.7 Å². The summed E-state index contributed by atoms with van der Waals surface area (Å²) in [7, 11) is 0. The monoisotopic (exact) mass is 353 g/mol. The van der Waals surface area contributed by atoms with Crippen LogP contribution in [0.5, 0.6) is 0 Å². The lowest BCUT2D eigenvalue weighted by Gasteiger charge is -2.24. The standard InChI is InChI=1S/C18H23N7O/c1-11-5-12(2)25-14(8-21-18(25)23-11)7-20-6-13-3-4-16-15(17(19)26)9-22-24(16)10-13/h5,8-9,13,20H,3-4,6-7,10H2,1-2H3,(H2,19,26)/t13-/m0/s1. The van der Waals surface area contributed by atoms with Crippen LogP contribution in [0.15, 0.2) is 18.5 Å². The van der Waals surface area contributed by atoms with Gasteiger partial charge in [-0.2, -0.15) is 5.10 Å². The van der Waals surface area contributed by atoms with Crippen molar-refractivity contribution in [3.8, 4) is 0 Å². The number of carbonyl (C=O) groups is 1. The van der Waals surface area contributed by atoms with Gasteiger partial charge in [-0.25, -0.2) is 9.97 Å². The van der Waals surface area contributed by atoms with E-state index >= 15 is 0 Å². The van der Waals surface area contributed by atoms with Crippen LogP contribution in [0.3, 0.4) is 0 Å². The van der Waals surface area contributed by atoms with Crippen molar-refractivity contribution in [2.75, 3.05) is 6.54 Å². The summed E-state index contributed by atoms with van der Waals surface area (Å²) in [5.41, 5.74) is 10.1. The molecule has 0 aromatic carbocycles. The minimum atomic E-state index is -0.394. The lowest BCUT2D eigenvalue weighted by molar-refractivity contribution is 0.0998. The summed E-state index contributed by atoms with van der Waals surface area (Å²) in [6.45, 7) is 6.49. The summed E-state index contributed by atoms with van der Waals surface area (Å²) >= 11 is 0. The molecule has 0 radical (unpaired) electrons. The van der Waals surface area contributed by atoms with Gasteiger partial charge < -0.3 is 11.1 Å². The van der Waals surface area contributed by atoms with Crippen LogP contribution in [-0.4, -0.2) is 36.6 Å². The molecule has 8 heteroatoms. The number of imidazole rings is 1. The molecular weight excluding hydrogens is 330 g/mol. The van der Waals surface area contributed by atoms with Gasteiger partial charge in [0, 0.05) is 31.0 Å². The molecule has 1 amide bonds. The Balaban J connectivity index is 1.39. The van der Waals surface area contributed by atoms with Crippen molar-refractivity contribution in [2.45, 2.75) is 39.8 Å². The van der Waals surface area contributed by atoms with Crippen LogP contribution in [-0.2, 0) is 19.5 Å². The largest absolute Gasteiger partial charge is 0.365 e. The molecular formula is C18H23N7O. The Morgan fingerprint density at radius 2 is 2.23 bits per heavy atom. The summed E-state index contributed by atoms with van der Waals surface area (Å²) in [4.78, 5) is 20.3. The summed E-state index contributed by atoms with van der Waals surface area (Å²) in [5.74, 6) is 0.829. The third kappa shape index (κ3) is 2.96. The highest BCUT2D eigenvalue weighted by molar-refractivity contribution is 5.93. The average molecular weight is 353 g/mol. The molecule has 0 aliphatic carbocycles. The van der Waals surface area contributed by atoms with Gasteiger partial charge in [-0.3, -0.25) is 13.9 Å². The van der Waals surface area contributed by atoms with Gasteiger partial charge in [-0.1, -0.05) is 0 Å². The zero-order chi connectivity index (χ0) is 18.3. The third-order valence-corrected chi connectivity index (χ3v) is 5.04. The number of fused-ring (bicyclic) bond motifs is 2. The first-order valence-electron chi connectivity index (χ1n) is 8.88. The van der Waals surface area contributed by atoms with Crippen molar-refractivity contribution in [1.29, 1.82) is 0 Å². The van der Waals surface area contributed by atoms with E-state index in [2.05, 4.69) is 37.8 Å². The fraction of sp³-hybridized carbons (Fsp3) is 0.444. The number of aryl methyl sites for hydroxylation is 2. The van der Waals surface area contributed by atoms with Crippen molar-refractivity contribution >= 4 is 11.7 Å². The van der Waals surface area contributed by atoms with Gasteiger partial charge in [0.05, 0.1) is 29.3 Å². The number of hydrogen-bond acceptors (Lipinski definition) is 5. The lowest BCUT2D eigenvalue weighted by atomic mass is 9.96. The number of primary amides is 1. The number of aromatic nitrogens is 5. The number of nitrogens with two attached hydrogens (primary N) is 1. The molecule has 1 aliphatic rings. The van der Waals surface area contributed by atoms with E-state index in [0.29, 0.717) is 11.5 Å². The van der Waals surface area contributed by atoms with Gasteiger partial charge in [-0.15, -0.1) is 0 Å². The second-order valence-electron chi connectivity index (χ2n) is 7.01. The maximum atomic E-state index is 11.4. The molecule has 0 spiro atoms. The maximum absolute atomic E-state index is 11.4. The molecule has 136 valence electrons. The van der Waals surface area contributed by atoms with Gasteiger partial charge in [0.2, 0.25) is 5.78 Å². The van der Waals surface area contributed by atoms with E-state index in [4.69, 9.17) is 5.73 Å². The van der Waals surface area contributed by atoms with Gasteiger partial charge >= 0.3 is 0 Å². The Labute approximate surface area is 151 Å². The zero-order valence-electron chi connectivity index (χ0n) is 15.1. The number of amides is 1. The first-order chi connectivity index (χ1) is 12.5. The van der Waals surface area contributed by atoms with E-state index in [-0.39, 0.29) is 0 Å². The highest BCUT2D eigenvalue weighted by Gasteiger charge is 2.23. The number of nitrogens with one attached hydrogen (secondary N) is 1. The Hall–Kier alpha value is -2.74. The topological polar surface area (TPSA) is 103 Å². The number of nitrogens with zero attached hydrogens (tertiary/aromatic N) is 5. The molecule has 8 nitrogen and oxygen atoms in total. The Kier molecular flexibility index (Phi) is 4.20. The molecule has 3 aromatic rings. The van der Waals surface area contributed by atoms with Crippen LogP contribution >= 0.6 is 0 Å². The number of hydrogen-bond donors (Lipinski definition) is 2. The average Bonchev–Trinajstić information content (AvgIpc) is 3.18. The van der Waals surface area contributed by atoms with Crippen molar-refractivity contribution in [3.05, 3.63) is 46.8 Å². The highest BCUT2D eigenvalue weighted by atomic mass is 16.1. The van der Waals surface area contributed by atoms with Gasteiger partial charge in [0.25, 0.3) is 5.91 Å². The normalized spacial score (nSPS) is 16.8. The quantitative estimate of drug-likeness (QED) is 0.712. The molecule has 1 aliphatic heterocycles. The fourth-order valence-electron chi connectivity index (χ4n) is 3.81. The predicted molar refractivity (Wildman–Crippen MR) is 96.7 cm³/mol. The molecule has 0 fully saturated rings. The Morgan fingerprint density at radius 3 is 3.04 bits per heavy atom. The van der Waals surface area contributed by atoms with Gasteiger partial charge in [-0.05, 0) is 38.7 Å². The molecule has 0 bridgehead atoms. The van der Waals surface area contributed by atoms with E-state index in [1.807, 2.05) is 17.8 Å². The molecule has 3 N–H and O–H groups in total. The van der Waals surface area contributed by atoms with Crippen LogP contribution in [0, 0.1) is 19.8 Å². The molecule has 3 aromatic heterocycles. The van der Waals surface area contributed by atoms with Crippen LogP contribution in [0.25, 0.3) is 5.78 Å². The summed E-state index contributed by atoms with van der Waals surface area (Å²) < 4.78 is 4.01. The molecule has 1 atom stereocenters. The fourth-order valence-corrected chi connectivity index (χ4v) is 3.81. The Morgan fingerprint density at radius 1 is 1.38 bits per heavy atom. The van der Waals surface area contributed by atoms with E-state index < -0.39 is 5.91 Å². The first kappa shape index (κ1) is 16.7. The molecule has 0 unspecified atom stereocenters. The van der Waals surface area contributed by atoms with Crippen LogP contribution in [0.2, 0.25) is 0 Å². The van der Waals surface area contributed by atoms with Crippen molar-refractivity contribution in [3.63, 3.8) is 0 Å². The highest BCUT2D eigenvalue weighted by Crippen LogP contribution is 2.22. The molecule has 0 saturated heterocycles. The lowest BCUT2D eigenvalue weighted by Crippen LogP contribution is -2.31. The van der Waals surface area contributed by atoms with E-state index in [9.17, 15) is 4.79 Å². The Bertz CT molecular complexity index is 971. The number of rotatable bonds is 5. The molecule has 0 saturated carbocycles. The van der Waals surface area contributed by atoms with E-state index in [0.717, 1.165) is 61.0 Å². The minimum Gasteiger partial charge on any atom is -0.365 e. The zero-order valence-corrected chi connectivity index (χ0v) is 15.1. The molecule has 26 heavy (non-hydrogen) atoms. The van der Waals surface area contributed by atoms with Gasteiger partial charge in [0.1, 0.15) is 0 Å². The van der Waals surface area contributed by atoms with Gasteiger partial charge in [0.15, 0.2) is 0 Å².